The van der Waals surface area contributed by atoms with Crippen LogP contribution >= 0.6 is 0 Å². The molecule has 0 aromatic carbocycles. The topological polar surface area (TPSA) is 78.7 Å². The molecule has 2 heterocycles. The van der Waals surface area contributed by atoms with Crippen LogP contribution in [0.2, 0.25) is 0 Å². The monoisotopic (exact) mass is 307 g/mol. The molecule has 0 aliphatic carbocycles. The minimum atomic E-state index is -1.11. The zero-order valence-corrected chi connectivity index (χ0v) is 13.8. The highest BCUT2D eigenvalue weighted by atomic mass is 32.2. The highest BCUT2D eigenvalue weighted by molar-refractivity contribution is 7.90. The zero-order valence-electron chi connectivity index (χ0n) is 13.0. The van der Waals surface area contributed by atoms with Crippen molar-refractivity contribution in [2.24, 2.45) is 0 Å². The van der Waals surface area contributed by atoms with Crippen LogP contribution in [0.15, 0.2) is 24.7 Å². The lowest BCUT2D eigenvalue weighted by atomic mass is 10.1. The highest BCUT2D eigenvalue weighted by Crippen LogP contribution is 2.19. The Morgan fingerprint density at radius 2 is 2.00 bits per heavy atom. The van der Waals surface area contributed by atoms with E-state index in [9.17, 15) is 4.55 Å². The highest BCUT2D eigenvalue weighted by Gasteiger charge is 2.28. The van der Waals surface area contributed by atoms with Gasteiger partial charge in [0.1, 0.15) is 16.9 Å². The Labute approximate surface area is 128 Å². The van der Waals surface area contributed by atoms with Crippen LogP contribution in [0.25, 0.3) is 5.82 Å². The van der Waals surface area contributed by atoms with Crippen LogP contribution in [-0.4, -0.2) is 29.0 Å². The third-order valence-electron chi connectivity index (χ3n) is 2.95. The molecule has 0 aliphatic heterocycles. The lowest BCUT2D eigenvalue weighted by Gasteiger charge is -2.26. The quantitative estimate of drug-likeness (QED) is 0.875. The molecule has 0 fully saturated rings. The van der Waals surface area contributed by atoms with Gasteiger partial charge in [-0.2, -0.15) is 5.10 Å². The minimum absolute atomic E-state index is 0.0379. The van der Waals surface area contributed by atoms with E-state index in [0.717, 1.165) is 5.56 Å². The number of nitrogens with one attached hydrogen (secondary N) is 1. The van der Waals surface area contributed by atoms with Gasteiger partial charge in [0, 0.05) is 17.6 Å². The largest absolute Gasteiger partial charge is 0.598 e. The molecule has 2 atom stereocenters. The van der Waals surface area contributed by atoms with Crippen molar-refractivity contribution in [2.75, 3.05) is 0 Å². The summed E-state index contributed by atoms with van der Waals surface area (Å²) in [6.45, 7) is 9.63. The van der Waals surface area contributed by atoms with E-state index in [2.05, 4.69) is 19.8 Å². The molecule has 21 heavy (non-hydrogen) atoms. The second-order valence-corrected chi connectivity index (χ2v) is 7.90. The summed E-state index contributed by atoms with van der Waals surface area (Å²) >= 11 is -1.11. The molecular formula is C14H21N5OS. The van der Waals surface area contributed by atoms with E-state index in [1.807, 2.05) is 46.8 Å². The normalized spacial score (nSPS) is 15.0. The van der Waals surface area contributed by atoms with E-state index in [0.29, 0.717) is 11.6 Å². The van der Waals surface area contributed by atoms with E-state index in [-0.39, 0.29) is 10.8 Å². The maximum Gasteiger partial charge on any atom is 0.155 e. The Morgan fingerprint density at radius 1 is 1.29 bits per heavy atom. The van der Waals surface area contributed by atoms with Crippen molar-refractivity contribution in [3.05, 3.63) is 36.0 Å². The van der Waals surface area contributed by atoms with Crippen molar-refractivity contribution < 1.29 is 4.55 Å². The predicted octanol–water partition coefficient (Wildman–Crippen LogP) is 2.08. The van der Waals surface area contributed by atoms with E-state index < -0.39 is 11.4 Å². The first-order valence-electron chi connectivity index (χ1n) is 6.80. The van der Waals surface area contributed by atoms with Crippen LogP contribution in [0.4, 0.5) is 0 Å². The average Bonchev–Trinajstić information content (AvgIpc) is 2.84. The smallest absolute Gasteiger partial charge is 0.155 e. The number of aryl methyl sites for hydroxylation is 1. The van der Waals surface area contributed by atoms with Crippen molar-refractivity contribution >= 4 is 11.4 Å². The third kappa shape index (κ3) is 4.03. The Bertz CT molecular complexity index is 590. The first kappa shape index (κ1) is 15.9. The molecule has 0 radical (unpaired) electrons. The summed E-state index contributed by atoms with van der Waals surface area (Å²) in [5.74, 6) is 1.42. The number of rotatable bonds is 4. The van der Waals surface area contributed by atoms with Crippen LogP contribution < -0.4 is 4.72 Å². The van der Waals surface area contributed by atoms with Gasteiger partial charge in [0.25, 0.3) is 0 Å². The minimum Gasteiger partial charge on any atom is -0.598 e. The first-order chi connectivity index (χ1) is 9.77. The van der Waals surface area contributed by atoms with Crippen LogP contribution in [0.1, 0.15) is 45.1 Å². The molecule has 1 unspecified atom stereocenters. The van der Waals surface area contributed by atoms with Gasteiger partial charge in [-0.3, -0.25) is 0 Å². The maximum absolute atomic E-state index is 12.1. The Kier molecular flexibility index (Phi) is 4.65. The Morgan fingerprint density at radius 3 is 2.48 bits per heavy atom. The van der Waals surface area contributed by atoms with E-state index in [4.69, 9.17) is 0 Å². The molecule has 0 saturated carbocycles. The summed E-state index contributed by atoms with van der Waals surface area (Å²) in [5, 5.41) is 4.21. The molecule has 0 amide bonds. The standard InChI is InChI=1S/C14H21N5OS/c1-10(18-21(20)14(3,4)5)12-6-7-13(15-8-12)19-9-16-11(2)17-19/h6-10,18H,1-5H3/t10-,21?/m0/s1. The fraction of sp³-hybridized carbons (Fsp3) is 0.500. The van der Waals surface area contributed by atoms with Gasteiger partial charge < -0.3 is 4.55 Å². The van der Waals surface area contributed by atoms with Crippen LogP contribution in [0.3, 0.4) is 0 Å². The van der Waals surface area contributed by atoms with E-state index >= 15 is 0 Å². The van der Waals surface area contributed by atoms with Gasteiger partial charge in [0.15, 0.2) is 5.82 Å². The summed E-state index contributed by atoms with van der Waals surface area (Å²) in [4.78, 5) is 8.45. The summed E-state index contributed by atoms with van der Waals surface area (Å²) in [5.41, 5.74) is 0.980. The molecular weight excluding hydrogens is 286 g/mol. The molecule has 0 bridgehead atoms. The molecule has 7 heteroatoms. The van der Waals surface area contributed by atoms with Gasteiger partial charge >= 0.3 is 0 Å². The fourth-order valence-corrected chi connectivity index (χ4v) is 2.46. The van der Waals surface area contributed by atoms with Crippen molar-refractivity contribution in [2.45, 2.75) is 45.4 Å². The van der Waals surface area contributed by atoms with Gasteiger partial charge in [-0.05, 0) is 46.2 Å². The molecule has 2 aromatic rings. The summed E-state index contributed by atoms with van der Waals surface area (Å²) < 4.78 is 16.5. The zero-order chi connectivity index (χ0) is 15.6. The molecule has 0 aliphatic rings. The third-order valence-corrected chi connectivity index (χ3v) is 4.63. The van der Waals surface area contributed by atoms with Crippen LogP contribution in [-0.2, 0) is 11.4 Å². The lowest BCUT2D eigenvalue weighted by Crippen LogP contribution is -2.40. The van der Waals surface area contributed by atoms with Crippen molar-refractivity contribution in [1.82, 2.24) is 24.5 Å². The molecule has 0 saturated heterocycles. The van der Waals surface area contributed by atoms with Crippen LogP contribution in [0.5, 0.6) is 0 Å². The van der Waals surface area contributed by atoms with Crippen LogP contribution in [0, 0.1) is 6.92 Å². The van der Waals surface area contributed by atoms with Gasteiger partial charge in [-0.1, -0.05) is 6.07 Å². The summed E-state index contributed by atoms with van der Waals surface area (Å²) in [6.07, 6.45) is 3.40. The lowest BCUT2D eigenvalue weighted by molar-refractivity contribution is 0.531. The Balaban J connectivity index is 2.08. The van der Waals surface area contributed by atoms with Crippen molar-refractivity contribution in [3.63, 3.8) is 0 Å². The van der Waals surface area contributed by atoms with Gasteiger partial charge in [0.05, 0.1) is 6.04 Å². The maximum atomic E-state index is 12.1. The van der Waals surface area contributed by atoms with Gasteiger partial charge in [0.2, 0.25) is 0 Å². The molecule has 1 N–H and O–H groups in total. The number of hydrogen-bond acceptors (Lipinski definition) is 5. The fourth-order valence-electron chi connectivity index (χ4n) is 1.65. The second kappa shape index (κ2) is 6.13. The Hall–Kier alpha value is -1.44. The number of nitrogens with zero attached hydrogens (tertiary/aromatic N) is 4. The number of pyridine rings is 1. The molecule has 2 rings (SSSR count). The summed E-state index contributed by atoms with van der Waals surface area (Å²) in [6, 6.07) is 3.79. The van der Waals surface area contributed by atoms with Gasteiger partial charge in [-0.25, -0.2) is 14.6 Å². The van der Waals surface area contributed by atoms with Crippen molar-refractivity contribution in [3.8, 4) is 5.82 Å². The second-order valence-electron chi connectivity index (χ2n) is 5.91. The van der Waals surface area contributed by atoms with E-state index in [1.165, 1.54) is 0 Å². The van der Waals surface area contributed by atoms with E-state index in [1.54, 1.807) is 17.2 Å². The first-order valence-corrected chi connectivity index (χ1v) is 7.95. The summed E-state index contributed by atoms with van der Waals surface area (Å²) in [7, 11) is 0. The molecule has 114 valence electrons. The average molecular weight is 307 g/mol. The molecule has 2 aromatic heterocycles. The van der Waals surface area contributed by atoms with Gasteiger partial charge in [-0.15, -0.1) is 4.72 Å². The number of aromatic nitrogens is 4. The SMILES string of the molecule is Cc1ncn(-c2ccc([C@H](C)N[S+]([O-])C(C)(C)C)cn2)n1. The number of hydrogen-bond donors (Lipinski definition) is 1. The molecule has 6 nitrogen and oxygen atoms in total. The van der Waals surface area contributed by atoms with Crippen molar-refractivity contribution in [1.29, 1.82) is 0 Å². The molecule has 0 spiro atoms. The predicted molar refractivity (Wildman–Crippen MR) is 83.3 cm³/mol.